The second-order valence-corrected chi connectivity index (χ2v) is 9.55. The number of hydrogen-bond acceptors (Lipinski definition) is 6. The monoisotopic (exact) mass is 404 g/mol. The van der Waals surface area contributed by atoms with Crippen molar-refractivity contribution in [1.29, 1.82) is 0 Å². The number of aliphatic hydroxyl groups is 1. The minimum absolute atomic E-state index is 0.366. The fourth-order valence-corrected chi connectivity index (χ4v) is 6.36. The van der Waals surface area contributed by atoms with Crippen molar-refractivity contribution in [1.82, 2.24) is 20.2 Å². The minimum Gasteiger partial charge on any atom is -0.390 e. The Morgan fingerprint density at radius 3 is 2.73 bits per heavy atom. The highest BCUT2D eigenvalue weighted by molar-refractivity contribution is 5.91. The number of fused-ring (bicyclic) bond motifs is 1. The fourth-order valence-electron chi connectivity index (χ4n) is 6.36. The number of aromatic nitrogens is 4. The summed E-state index contributed by atoms with van der Waals surface area (Å²) in [4.78, 5) is 9.49. The number of anilines is 3. The quantitative estimate of drug-likeness (QED) is 0.513. The summed E-state index contributed by atoms with van der Waals surface area (Å²) in [5, 5.41) is 26.4. The van der Waals surface area contributed by atoms with Crippen LogP contribution in [0.2, 0.25) is 0 Å². The Labute approximate surface area is 175 Å². The van der Waals surface area contributed by atoms with Gasteiger partial charge in [-0.05, 0) is 68.4 Å². The van der Waals surface area contributed by atoms with E-state index in [1.165, 1.54) is 12.8 Å². The Kier molecular flexibility index (Phi) is 4.03. The average molecular weight is 405 g/mol. The van der Waals surface area contributed by atoms with E-state index >= 15 is 0 Å². The third kappa shape index (κ3) is 3.03. The van der Waals surface area contributed by atoms with Gasteiger partial charge in [0.1, 0.15) is 11.6 Å². The molecule has 0 aliphatic heterocycles. The van der Waals surface area contributed by atoms with Crippen molar-refractivity contribution in [3.8, 4) is 0 Å². The van der Waals surface area contributed by atoms with Gasteiger partial charge in [0, 0.05) is 35.5 Å². The first-order valence-electron chi connectivity index (χ1n) is 11.1. The van der Waals surface area contributed by atoms with Crippen molar-refractivity contribution in [2.75, 3.05) is 10.6 Å². The van der Waals surface area contributed by atoms with Gasteiger partial charge in [-0.15, -0.1) is 0 Å². The normalized spacial score (nSPS) is 31.9. The van der Waals surface area contributed by atoms with Crippen LogP contribution in [0.4, 0.5) is 17.5 Å². The van der Waals surface area contributed by atoms with E-state index in [4.69, 9.17) is 4.98 Å². The molecule has 4 fully saturated rings. The van der Waals surface area contributed by atoms with Gasteiger partial charge in [-0.1, -0.05) is 6.92 Å². The third-order valence-corrected chi connectivity index (χ3v) is 7.41. The van der Waals surface area contributed by atoms with Crippen LogP contribution < -0.4 is 10.6 Å². The zero-order chi connectivity index (χ0) is 20.3. The molecular formula is C23H28N6O. The zero-order valence-corrected chi connectivity index (χ0v) is 17.2. The number of rotatable bonds is 5. The first kappa shape index (κ1) is 18.1. The number of hydrogen-bond donors (Lipinski definition) is 4. The Bertz CT molecular complexity index is 1080. The summed E-state index contributed by atoms with van der Waals surface area (Å²) in [6.07, 6.45) is 8.00. The molecule has 0 saturated heterocycles. The Balaban J connectivity index is 1.33. The van der Waals surface area contributed by atoms with Crippen LogP contribution in [0, 0.1) is 17.8 Å². The van der Waals surface area contributed by atoms with Crippen LogP contribution in [0.3, 0.4) is 0 Å². The highest BCUT2D eigenvalue weighted by Gasteiger charge is 2.54. The van der Waals surface area contributed by atoms with Gasteiger partial charge in [0.2, 0.25) is 0 Å². The van der Waals surface area contributed by atoms with Crippen LogP contribution in [-0.2, 0) is 6.42 Å². The molecule has 3 aromatic heterocycles. The Morgan fingerprint density at radius 2 is 2.00 bits per heavy atom. The second-order valence-electron chi connectivity index (χ2n) is 9.55. The molecule has 2 atom stereocenters. The summed E-state index contributed by atoms with van der Waals surface area (Å²) in [6.45, 7) is 2.10. The molecule has 7 heteroatoms. The van der Waals surface area contributed by atoms with Gasteiger partial charge in [-0.25, -0.2) is 4.98 Å². The van der Waals surface area contributed by atoms with E-state index < -0.39 is 5.60 Å². The van der Waals surface area contributed by atoms with Crippen molar-refractivity contribution in [3.05, 3.63) is 36.2 Å². The molecular weight excluding hydrogens is 376 g/mol. The highest BCUT2D eigenvalue weighted by atomic mass is 16.3. The van der Waals surface area contributed by atoms with Gasteiger partial charge in [0.05, 0.1) is 11.1 Å². The largest absolute Gasteiger partial charge is 0.390 e. The van der Waals surface area contributed by atoms with E-state index in [-0.39, 0.29) is 0 Å². The molecule has 7 rings (SSSR count). The topological polar surface area (TPSA) is 98.8 Å². The summed E-state index contributed by atoms with van der Waals surface area (Å²) in [5.74, 6) is 4.10. The maximum absolute atomic E-state index is 10.9. The predicted octanol–water partition coefficient (Wildman–Crippen LogP) is 4.01. The number of nitrogens with zero attached hydrogens (tertiary/aromatic N) is 3. The number of nitrogens with one attached hydrogen (secondary N) is 3. The van der Waals surface area contributed by atoms with Gasteiger partial charge in [0.15, 0.2) is 5.82 Å². The summed E-state index contributed by atoms with van der Waals surface area (Å²) in [7, 11) is 0. The summed E-state index contributed by atoms with van der Waals surface area (Å²) >= 11 is 0. The summed E-state index contributed by atoms with van der Waals surface area (Å²) in [5.41, 5.74) is 1.57. The molecule has 4 aliphatic carbocycles. The van der Waals surface area contributed by atoms with E-state index in [9.17, 15) is 5.11 Å². The lowest BCUT2D eigenvalue weighted by atomic mass is 9.52. The Morgan fingerprint density at radius 1 is 1.17 bits per heavy atom. The number of H-pyrrole nitrogens is 1. The highest BCUT2D eigenvalue weighted by Crippen LogP contribution is 2.56. The van der Waals surface area contributed by atoms with E-state index in [1.807, 2.05) is 24.4 Å². The lowest BCUT2D eigenvalue weighted by molar-refractivity contribution is -0.129. The van der Waals surface area contributed by atoms with Crippen LogP contribution in [0.15, 0.2) is 30.5 Å². The van der Waals surface area contributed by atoms with Crippen LogP contribution in [-0.4, -0.2) is 36.9 Å². The van der Waals surface area contributed by atoms with Gasteiger partial charge in [-0.3, -0.25) is 10.1 Å². The van der Waals surface area contributed by atoms with Gasteiger partial charge in [-0.2, -0.15) is 5.10 Å². The molecule has 4 N–H and O–H groups in total. The average Bonchev–Trinajstić information content (AvgIpc) is 3.17. The molecule has 0 radical (unpaired) electrons. The maximum atomic E-state index is 10.9. The SMILES string of the molecule is CCc1cc(Nc2cc3ncccc3c(NC3C4CC5CC3CC(O)(C5)C4)n2)n[nH]1. The molecule has 4 aliphatic rings. The van der Waals surface area contributed by atoms with Gasteiger partial charge in [0.25, 0.3) is 0 Å². The molecule has 156 valence electrons. The van der Waals surface area contributed by atoms with Gasteiger partial charge < -0.3 is 15.7 Å². The van der Waals surface area contributed by atoms with Crippen molar-refractivity contribution in [2.24, 2.45) is 17.8 Å². The first-order valence-corrected chi connectivity index (χ1v) is 11.1. The van der Waals surface area contributed by atoms with Crippen molar-refractivity contribution in [2.45, 2.75) is 57.1 Å². The molecule has 3 heterocycles. The number of aryl methyl sites for hydroxylation is 1. The molecule has 30 heavy (non-hydrogen) atoms. The maximum Gasteiger partial charge on any atom is 0.153 e. The van der Waals surface area contributed by atoms with E-state index in [0.29, 0.717) is 23.8 Å². The van der Waals surface area contributed by atoms with Crippen molar-refractivity contribution in [3.63, 3.8) is 0 Å². The molecule has 7 nitrogen and oxygen atoms in total. The van der Waals surface area contributed by atoms with Crippen LogP contribution in [0.1, 0.15) is 44.7 Å². The molecule has 4 bridgehead atoms. The van der Waals surface area contributed by atoms with E-state index in [1.54, 1.807) is 0 Å². The molecule has 2 unspecified atom stereocenters. The van der Waals surface area contributed by atoms with Crippen molar-refractivity contribution >= 4 is 28.4 Å². The van der Waals surface area contributed by atoms with E-state index in [2.05, 4.69) is 38.8 Å². The second kappa shape index (κ2) is 6.67. The molecule has 4 saturated carbocycles. The fraction of sp³-hybridized carbons (Fsp3) is 0.522. The van der Waals surface area contributed by atoms with Crippen LogP contribution in [0.5, 0.6) is 0 Å². The zero-order valence-electron chi connectivity index (χ0n) is 17.2. The minimum atomic E-state index is -0.425. The third-order valence-electron chi connectivity index (χ3n) is 7.41. The van der Waals surface area contributed by atoms with Gasteiger partial charge >= 0.3 is 0 Å². The number of pyridine rings is 2. The van der Waals surface area contributed by atoms with Crippen LogP contribution >= 0.6 is 0 Å². The van der Waals surface area contributed by atoms with Crippen LogP contribution in [0.25, 0.3) is 10.9 Å². The summed E-state index contributed by atoms with van der Waals surface area (Å²) in [6, 6.07) is 8.39. The smallest absolute Gasteiger partial charge is 0.153 e. The lowest BCUT2D eigenvalue weighted by Gasteiger charge is -2.58. The first-order chi connectivity index (χ1) is 14.6. The summed E-state index contributed by atoms with van der Waals surface area (Å²) < 4.78 is 0. The lowest BCUT2D eigenvalue weighted by Crippen LogP contribution is -2.59. The standard InChI is InChI=1S/C23H28N6O/c1-2-16-8-20(29-28-16)25-19-9-18-17(4-3-5-24-18)22(26-19)27-21-14-6-13-7-15(21)12-23(30,10-13)11-14/h3-5,8-9,13-15,21,30H,2,6-7,10-12H2,1H3,(H3,25,26,27,28,29). The molecule has 0 spiro atoms. The number of aromatic amines is 1. The van der Waals surface area contributed by atoms with Crippen molar-refractivity contribution < 1.29 is 5.11 Å². The molecule has 0 aromatic carbocycles. The molecule has 0 amide bonds. The Hall–Kier alpha value is -2.67. The molecule has 3 aromatic rings. The predicted molar refractivity (Wildman–Crippen MR) is 117 cm³/mol. The van der Waals surface area contributed by atoms with E-state index in [0.717, 1.165) is 59.7 Å².